The van der Waals surface area contributed by atoms with Crippen LogP contribution in [0.3, 0.4) is 0 Å². The van der Waals surface area contributed by atoms with Crippen molar-refractivity contribution in [1.29, 1.82) is 0 Å². The number of carbonyl (C=O) groups excluding carboxylic acids is 1. The maximum atomic E-state index is 11.7. The fourth-order valence-corrected chi connectivity index (χ4v) is 2.05. The molecule has 0 aliphatic rings. The third-order valence-electron chi connectivity index (χ3n) is 2.72. The van der Waals surface area contributed by atoms with Gasteiger partial charge in [0.1, 0.15) is 5.56 Å². The summed E-state index contributed by atoms with van der Waals surface area (Å²) in [6.45, 7) is 2.18. The molecule has 0 saturated carbocycles. The zero-order valence-corrected chi connectivity index (χ0v) is 12.8. The molecule has 1 N–H and O–H groups in total. The number of rotatable bonds is 5. The molecule has 7 heteroatoms. The average Bonchev–Trinajstić information content (AvgIpc) is 2.86. The van der Waals surface area contributed by atoms with Crippen LogP contribution in [0.5, 0.6) is 0 Å². The van der Waals surface area contributed by atoms with Gasteiger partial charge in [0.2, 0.25) is 0 Å². The summed E-state index contributed by atoms with van der Waals surface area (Å²) in [4.78, 5) is 22.9. The first kappa shape index (κ1) is 15.2. The van der Waals surface area contributed by atoms with Gasteiger partial charge in [0.05, 0.1) is 13.2 Å². The molecule has 2 rings (SSSR count). The van der Waals surface area contributed by atoms with Crippen molar-refractivity contribution in [2.75, 3.05) is 6.61 Å². The Balaban J connectivity index is 2.28. The minimum absolute atomic E-state index is 0.162. The first-order chi connectivity index (χ1) is 10.0. The van der Waals surface area contributed by atoms with Gasteiger partial charge in [-0.3, -0.25) is 4.68 Å². The molecule has 0 radical (unpaired) electrons. The van der Waals surface area contributed by atoms with Crippen molar-refractivity contribution in [1.82, 2.24) is 9.78 Å². The Morgan fingerprint density at radius 2 is 2.00 bits per heavy atom. The molecule has 0 unspecified atom stereocenters. The molecule has 0 aliphatic carbocycles. The van der Waals surface area contributed by atoms with E-state index in [1.54, 1.807) is 6.92 Å². The molecule has 1 heterocycles. The standard InChI is InChI=1S/C14H13BrN2O4/c1-2-21-14(20)12-11(13(18)19)8-17(16-12)7-9-3-5-10(15)6-4-9/h3-6,8H,2,7H2,1H3,(H,18,19). The highest BCUT2D eigenvalue weighted by atomic mass is 79.9. The Morgan fingerprint density at radius 1 is 1.33 bits per heavy atom. The second-order valence-electron chi connectivity index (χ2n) is 4.24. The molecule has 21 heavy (non-hydrogen) atoms. The third-order valence-corrected chi connectivity index (χ3v) is 3.25. The number of aromatic nitrogens is 2. The number of benzene rings is 1. The molecule has 2 aromatic rings. The maximum Gasteiger partial charge on any atom is 0.359 e. The molecule has 0 atom stereocenters. The minimum atomic E-state index is -1.21. The fraction of sp³-hybridized carbons (Fsp3) is 0.214. The van der Waals surface area contributed by atoms with Crippen LogP contribution >= 0.6 is 15.9 Å². The molecule has 0 spiro atoms. The number of esters is 1. The molecule has 1 aromatic heterocycles. The molecule has 0 saturated heterocycles. The van der Waals surface area contributed by atoms with Crippen LogP contribution in [0.2, 0.25) is 0 Å². The van der Waals surface area contributed by atoms with E-state index in [-0.39, 0.29) is 17.9 Å². The molecule has 0 bridgehead atoms. The summed E-state index contributed by atoms with van der Waals surface area (Å²) in [7, 11) is 0. The van der Waals surface area contributed by atoms with Crippen LogP contribution in [0.15, 0.2) is 34.9 Å². The van der Waals surface area contributed by atoms with E-state index < -0.39 is 11.9 Å². The normalized spacial score (nSPS) is 10.4. The van der Waals surface area contributed by atoms with E-state index in [9.17, 15) is 9.59 Å². The summed E-state index contributed by atoms with van der Waals surface area (Å²) in [6.07, 6.45) is 1.33. The second kappa shape index (κ2) is 6.53. The van der Waals surface area contributed by atoms with Crippen LogP contribution in [-0.2, 0) is 11.3 Å². The lowest BCUT2D eigenvalue weighted by Crippen LogP contribution is -2.11. The van der Waals surface area contributed by atoms with E-state index in [0.29, 0.717) is 6.54 Å². The summed E-state index contributed by atoms with van der Waals surface area (Å²) in [5, 5.41) is 13.1. The topological polar surface area (TPSA) is 81.4 Å². The van der Waals surface area contributed by atoms with Gasteiger partial charge < -0.3 is 9.84 Å². The lowest BCUT2D eigenvalue weighted by molar-refractivity contribution is 0.0507. The Bertz CT molecular complexity index is 664. The lowest BCUT2D eigenvalue weighted by atomic mass is 10.2. The predicted octanol–water partition coefficient (Wildman–Crippen LogP) is 2.57. The lowest BCUT2D eigenvalue weighted by Gasteiger charge is -2.02. The first-order valence-corrected chi connectivity index (χ1v) is 7.03. The van der Waals surface area contributed by atoms with E-state index >= 15 is 0 Å². The Morgan fingerprint density at radius 3 is 2.57 bits per heavy atom. The number of hydrogen-bond acceptors (Lipinski definition) is 4. The van der Waals surface area contributed by atoms with Crippen molar-refractivity contribution in [3.8, 4) is 0 Å². The first-order valence-electron chi connectivity index (χ1n) is 6.23. The summed E-state index contributed by atoms with van der Waals surface area (Å²) in [5.74, 6) is -1.94. The Labute approximate surface area is 129 Å². The number of halogens is 1. The average molecular weight is 353 g/mol. The zero-order chi connectivity index (χ0) is 15.4. The van der Waals surface area contributed by atoms with Gasteiger partial charge in [-0.05, 0) is 24.6 Å². The van der Waals surface area contributed by atoms with Gasteiger partial charge in [-0.1, -0.05) is 28.1 Å². The van der Waals surface area contributed by atoms with Gasteiger partial charge in [0.15, 0.2) is 5.69 Å². The summed E-state index contributed by atoms with van der Waals surface area (Å²) >= 11 is 3.34. The van der Waals surface area contributed by atoms with E-state index in [2.05, 4.69) is 21.0 Å². The molecule has 6 nitrogen and oxygen atoms in total. The van der Waals surface area contributed by atoms with Crippen LogP contribution in [0.4, 0.5) is 0 Å². The van der Waals surface area contributed by atoms with Gasteiger partial charge in [-0.2, -0.15) is 5.10 Å². The number of aromatic carboxylic acids is 1. The predicted molar refractivity (Wildman–Crippen MR) is 78.4 cm³/mol. The number of carboxylic acids is 1. The third kappa shape index (κ3) is 3.69. The van der Waals surface area contributed by atoms with Crippen LogP contribution < -0.4 is 0 Å². The highest BCUT2D eigenvalue weighted by Gasteiger charge is 2.22. The van der Waals surface area contributed by atoms with Crippen molar-refractivity contribution < 1.29 is 19.4 Å². The van der Waals surface area contributed by atoms with E-state index in [0.717, 1.165) is 10.0 Å². The largest absolute Gasteiger partial charge is 0.478 e. The summed E-state index contributed by atoms with van der Waals surface area (Å²) < 4.78 is 7.18. The molecule has 0 fully saturated rings. The molecular formula is C14H13BrN2O4. The highest BCUT2D eigenvalue weighted by Crippen LogP contribution is 2.14. The monoisotopic (exact) mass is 352 g/mol. The quantitative estimate of drug-likeness (QED) is 0.836. The van der Waals surface area contributed by atoms with Crippen LogP contribution in [0, 0.1) is 0 Å². The van der Waals surface area contributed by atoms with Crippen molar-refractivity contribution >= 4 is 27.9 Å². The van der Waals surface area contributed by atoms with Crippen LogP contribution in [0.25, 0.3) is 0 Å². The van der Waals surface area contributed by atoms with Gasteiger partial charge in [-0.25, -0.2) is 9.59 Å². The SMILES string of the molecule is CCOC(=O)c1nn(Cc2ccc(Br)cc2)cc1C(=O)O. The fourth-order valence-electron chi connectivity index (χ4n) is 1.79. The van der Waals surface area contributed by atoms with Crippen LogP contribution in [-0.4, -0.2) is 33.4 Å². The number of ether oxygens (including phenoxy) is 1. The van der Waals surface area contributed by atoms with Crippen molar-refractivity contribution in [3.05, 3.63) is 51.8 Å². The number of nitrogens with zero attached hydrogens (tertiary/aromatic N) is 2. The number of carboxylic acid groups (broad SMARTS) is 1. The van der Waals surface area contributed by atoms with E-state index in [4.69, 9.17) is 9.84 Å². The van der Waals surface area contributed by atoms with E-state index in [1.165, 1.54) is 10.9 Å². The van der Waals surface area contributed by atoms with Crippen molar-refractivity contribution in [2.45, 2.75) is 13.5 Å². The van der Waals surface area contributed by atoms with Gasteiger partial charge in [0, 0.05) is 10.7 Å². The molecule has 110 valence electrons. The van der Waals surface area contributed by atoms with Crippen molar-refractivity contribution in [3.63, 3.8) is 0 Å². The number of carbonyl (C=O) groups is 2. The highest BCUT2D eigenvalue weighted by molar-refractivity contribution is 9.10. The molecule has 0 aliphatic heterocycles. The number of hydrogen-bond donors (Lipinski definition) is 1. The summed E-state index contributed by atoms with van der Waals surface area (Å²) in [6, 6.07) is 7.53. The van der Waals surface area contributed by atoms with Crippen LogP contribution in [0.1, 0.15) is 33.3 Å². The van der Waals surface area contributed by atoms with Crippen molar-refractivity contribution in [2.24, 2.45) is 0 Å². The minimum Gasteiger partial charge on any atom is -0.478 e. The molecular weight excluding hydrogens is 340 g/mol. The van der Waals surface area contributed by atoms with Gasteiger partial charge in [-0.15, -0.1) is 0 Å². The molecule has 1 aromatic carbocycles. The van der Waals surface area contributed by atoms with E-state index in [1.807, 2.05) is 24.3 Å². The Kier molecular flexibility index (Phi) is 4.74. The smallest absolute Gasteiger partial charge is 0.359 e. The molecule has 0 amide bonds. The maximum absolute atomic E-state index is 11.7. The summed E-state index contributed by atoms with van der Waals surface area (Å²) in [5.41, 5.74) is 0.597. The zero-order valence-electron chi connectivity index (χ0n) is 11.2. The Hall–Kier alpha value is -2.15. The van der Waals surface area contributed by atoms with Gasteiger partial charge >= 0.3 is 11.9 Å². The second-order valence-corrected chi connectivity index (χ2v) is 5.16. The van der Waals surface area contributed by atoms with Gasteiger partial charge in [0.25, 0.3) is 0 Å².